The maximum absolute atomic E-state index is 5.24. The van der Waals surface area contributed by atoms with Crippen LogP contribution in [-0.2, 0) is 6.42 Å². The first-order valence-corrected chi connectivity index (χ1v) is 18.5. The second-order valence-electron chi connectivity index (χ2n) is 13.9. The number of thiol groups is 1. The van der Waals surface area contributed by atoms with Gasteiger partial charge in [0.05, 0.1) is 29.0 Å². The van der Waals surface area contributed by atoms with Crippen LogP contribution in [-0.4, -0.2) is 19.8 Å². The van der Waals surface area contributed by atoms with E-state index in [-0.39, 0.29) is 5.25 Å². The molecule has 52 heavy (non-hydrogen) atoms. The Morgan fingerprint density at radius 1 is 0.692 bits per heavy atom. The summed E-state index contributed by atoms with van der Waals surface area (Å²) in [6, 6.07) is 43.6. The van der Waals surface area contributed by atoms with Crippen LogP contribution in [0.25, 0.3) is 60.8 Å². The highest BCUT2D eigenvalue weighted by molar-refractivity contribution is 7.81. The fraction of sp³-hybridized carbons (Fsp3) is 0.106. The van der Waals surface area contributed by atoms with Crippen LogP contribution in [0.3, 0.4) is 0 Å². The predicted molar refractivity (Wildman–Crippen MR) is 222 cm³/mol. The van der Waals surface area contributed by atoms with Crippen molar-refractivity contribution in [2.24, 2.45) is 0 Å². The summed E-state index contributed by atoms with van der Waals surface area (Å²) in [6.07, 6.45) is 15.1. The topological polar surface area (TPSA) is 34.0 Å². The first kappa shape index (κ1) is 30.9. The summed E-state index contributed by atoms with van der Waals surface area (Å²) in [4.78, 5) is 12.6. The van der Waals surface area contributed by atoms with Gasteiger partial charge in [0.25, 0.3) is 0 Å². The molecule has 0 aliphatic heterocycles. The van der Waals surface area contributed by atoms with Crippen LogP contribution >= 0.6 is 12.6 Å². The number of benzene rings is 6. The zero-order chi connectivity index (χ0) is 34.8. The van der Waals surface area contributed by atoms with E-state index in [9.17, 15) is 0 Å². The fourth-order valence-electron chi connectivity index (χ4n) is 8.26. The molecule has 0 bridgehead atoms. The lowest BCUT2D eigenvalue weighted by atomic mass is 9.95. The molecule has 0 N–H and O–H groups in total. The zero-order valence-corrected chi connectivity index (χ0v) is 29.7. The molecule has 2 aromatic heterocycles. The van der Waals surface area contributed by atoms with Gasteiger partial charge in [0.1, 0.15) is 0 Å². The van der Waals surface area contributed by atoms with Gasteiger partial charge in [0.15, 0.2) is 0 Å². The second kappa shape index (κ2) is 12.4. The van der Waals surface area contributed by atoms with Gasteiger partial charge in [-0.25, -0.2) is 4.98 Å². The predicted octanol–water partition coefficient (Wildman–Crippen LogP) is 12.3. The Balaban J connectivity index is 1.09. The Labute approximate surface area is 308 Å². The maximum atomic E-state index is 5.24. The van der Waals surface area contributed by atoms with Gasteiger partial charge in [-0.15, -0.1) is 0 Å². The van der Waals surface area contributed by atoms with E-state index in [2.05, 4.69) is 168 Å². The first-order chi connectivity index (χ1) is 25.6. The van der Waals surface area contributed by atoms with Crippen molar-refractivity contribution in [2.45, 2.75) is 31.1 Å². The van der Waals surface area contributed by atoms with Gasteiger partial charge in [-0.2, -0.15) is 12.6 Å². The van der Waals surface area contributed by atoms with Crippen LogP contribution < -0.4 is 4.90 Å². The summed E-state index contributed by atoms with van der Waals surface area (Å²) in [7, 11) is 0. The number of anilines is 3. The molecular formula is C47H36N4S. The fourth-order valence-corrected chi connectivity index (χ4v) is 8.51. The zero-order valence-electron chi connectivity index (χ0n) is 28.8. The lowest BCUT2D eigenvalue weighted by Crippen LogP contribution is -2.17. The summed E-state index contributed by atoms with van der Waals surface area (Å²) in [5.41, 5.74) is 12.3. The van der Waals surface area contributed by atoms with Crippen molar-refractivity contribution < 1.29 is 0 Å². The van der Waals surface area contributed by atoms with Gasteiger partial charge in [-0.1, -0.05) is 115 Å². The summed E-state index contributed by atoms with van der Waals surface area (Å²) >= 11 is 4.97. The Morgan fingerprint density at radius 2 is 1.37 bits per heavy atom. The lowest BCUT2D eigenvalue weighted by Gasteiger charge is -2.26. The third-order valence-corrected chi connectivity index (χ3v) is 11.4. The van der Waals surface area contributed by atoms with Gasteiger partial charge in [0.2, 0.25) is 0 Å². The van der Waals surface area contributed by atoms with Crippen molar-refractivity contribution in [2.75, 3.05) is 4.90 Å². The maximum Gasteiger partial charge on any atom is 0.0979 e. The van der Waals surface area contributed by atoms with Crippen molar-refractivity contribution in [1.29, 1.82) is 0 Å². The molecular weight excluding hydrogens is 653 g/mol. The third kappa shape index (κ3) is 4.99. The van der Waals surface area contributed by atoms with Gasteiger partial charge in [-0.05, 0) is 66.6 Å². The van der Waals surface area contributed by atoms with Gasteiger partial charge < -0.3 is 9.47 Å². The molecule has 2 heterocycles. The summed E-state index contributed by atoms with van der Waals surface area (Å²) < 4.78 is 2.55. The number of hydrogen-bond acceptors (Lipinski definition) is 4. The van der Waals surface area contributed by atoms with Crippen LogP contribution in [0, 0.1) is 0 Å². The molecule has 4 nitrogen and oxygen atoms in total. The molecule has 0 amide bonds. The van der Waals surface area contributed by atoms with Crippen molar-refractivity contribution in [3.8, 4) is 11.3 Å². The number of allylic oxidation sites excluding steroid dienone is 4. The minimum absolute atomic E-state index is 0.225. The van der Waals surface area contributed by atoms with Crippen molar-refractivity contribution >= 4 is 79.2 Å². The molecule has 6 aromatic carbocycles. The standard InChI is InChI=1S/C47H36N4S/c1-30-26-40-41-27-35(24-25-43(41)51(44(40)28-45(30)52)33-14-6-3-7-15-33)50(32-12-4-2-5-13-32)34-22-20-31(21-23-34)42-29-48-46-38-18-10-8-16-36(38)37-17-9-11-19-39(37)47(46)49-42/h2-14,16-27,29,33,45,52H,15,28H2,1H3. The summed E-state index contributed by atoms with van der Waals surface area (Å²) in [5, 5.41) is 6.15. The molecule has 0 saturated heterocycles. The normalized spacial score (nSPS) is 16.8. The van der Waals surface area contributed by atoms with Crippen LogP contribution in [0.4, 0.5) is 17.1 Å². The van der Waals surface area contributed by atoms with Gasteiger partial charge in [-0.3, -0.25) is 4.98 Å². The van der Waals surface area contributed by atoms with E-state index in [1.165, 1.54) is 38.5 Å². The van der Waals surface area contributed by atoms with Crippen molar-refractivity contribution in [3.05, 3.63) is 169 Å². The number of hydrogen-bond donors (Lipinski definition) is 1. The smallest absolute Gasteiger partial charge is 0.0979 e. The van der Waals surface area contributed by atoms with Crippen molar-refractivity contribution in [1.82, 2.24) is 14.5 Å². The quantitative estimate of drug-likeness (QED) is 0.144. The number of nitrogens with zero attached hydrogens (tertiary/aromatic N) is 4. The van der Waals surface area contributed by atoms with Crippen LogP contribution in [0.15, 0.2) is 157 Å². The molecule has 5 heteroatoms. The highest BCUT2D eigenvalue weighted by Crippen LogP contribution is 2.43. The minimum atomic E-state index is 0.225. The van der Waals surface area contributed by atoms with E-state index in [4.69, 9.17) is 22.6 Å². The van der Waals surface area contributed by atoms with Crippen molar-refractivity contribution in [3.63, 3.8) is 0 Å². The van der Waals surface area contributed by atoms with E-state index in [0.717, 1.165) is 63.0 Å². The van der Waals surface area contributed by atoms with Crippen LogP contribution in [0.2, 0.25) is 0 Å². The number of aromatic nitrogens is 3. The highest BCUT2D eigenvalue weighted by Gasteiger charge is 2.27. The van der Waals surface area contributed by atoms with Crippen LogP contribution in [0.5, 0.6) is 0 Å². The minimum Gasteiger partial charge on any atom is -0.337 e. The monoisotopic (exact) mass is 688 g/mol. The molecule has 2 aliphatic carbocycles. The third-order valence-electron chi connectivity index (χ3n) is 10.8. The molecule has 8 aromatic rings. The molecule has 2 aliphatic rings. The van der Waals surface area contributed by atoms with E-state index in [1.807, 2.05) is 6.20 Å². The highest BCUT2D eigenvalue weighted by atomic mass is 32.1. The van der Waals surface area contributed by atoms with E-state index in [0.29, 0.717) is 6.04 Å². The Hall–Kier alpha value is -5.91. The lowest BCUT2D eigenvalue weighted by molar-refractivity contribution is 0.598. The molecule has 0 spiro atoms. The SMILES string of the molecule is CC1=Cc2c(n(C3C=CC=CC3)c3ccc(N(c4ccccc4)c4ccc(-c5cnc6c7ccccc7c7ccccc7c6n5)cc4)cc23)CC1S. The summed E-state index contributed by atoms with van der Waals surface area (Å²) in [5.74, 6) is 0. The Kier molecular flexibility index (Phi) is 7.36. The molecule has 0 radical (unpaired) electrons. The molecule has 10 rings (SSSR count). The number of para-hydroxylation sites is 1. The number of rotatable bonds is 5. The molecule has 250 valence electrons. The molecule has 0 fully saturated rings. The number of fused-ring (bicyclic) bond motifs is 9. The molecule has 0 saturated carbocycles. The van der Waals surface area contributed by atoms with E-state index < -0.39 is 0 Å². The van der Waals surface area contributed by atoms with E-state index in [1.54, 1.807) is 0 Å². The average Bonchev–Trinajstić information content (AvgIpc) is 3.51. The first-order valence-electron chi connectivity index (χ1n) is 18.0. The molecule has 2 atom stereocenters. The van der Waals surface area contributed by atoms with Crippen LogP contribution in [0.1, 0.15) is 30.6 Å². The molecule has 2 unspecified atom stereocenters. The Morgan fingerprint density at radius 3 is 2.10 bits per heavy atom. The van der Waals surface area contributed by atoms with Gasteiger partial charge >= 0.3 is 0 Å². The largest absolute Gasteiger partial charge is 0.337 e. The Bertz CT molecular complexity index is 2740. The second-order valence-corrected chi connectivity index (χ2v) is 14.5. The van der Waals surface area contributed by atoms with E-state index >= 15 is 0 Å². The summed E-state index contributed by atoms with van der Waals surface area (Å²) in [6.45, 7) is 2.21. The average molecular weight is 689 g/mol. The van der Waals surface area contributed by atoms with Gasteiger partial charge in [0, 0.05) is 67.2 Å².